The lowest BCUT2D eigenvalue weighted by Crippen LogP contribution is -2.48. The van der Waals surface area contributed by atoms with Crippen LogP contribution in [0.2, 0.25) is 0 Å². The van der Waals surface area contributed by atoms with Gasteiger partial charge < -0.3 is 26.0 Å². The first-order chi connectivity index (χ1) is 18.5. The van der Waals surface area contributed by atoms with Crippen LogP contribution in [0.25, 0.3) is 0 Å². The lowest BCUT2D eigenvalue weighted by molar-refractivity contribution is -0.384. The van der Waals surface area contributed by atoms with Crippen molar-refractivity contribution in [3.63, 3.8) is 0 Å². The molecule has 1 aromatic heterocycles. The van der Waals surface area contributed by atoms with Crippen molar-refractivity contribution in [3.8, 4) is 5.75 Å². The minimum Gasteiger partial charge on any atom is -0.410 e. The van der Waals surface area contributed by atoms with E-state index >= 15 is 0 Å². The van der Waals surface area contributed by atoms with E-state index in [1.165, 1.54) is 54.7 Å². The number of aromatic nitrogens is 2. The number of nitrogens with zero attached hydrogens (tertiary/aromatic N) is 4. The number of benzene rings is 2. The standard InChI is InChI=1S/C24H25N7O7S/c1-39(36,37)19-10-4-15(5-11-19)27-23-21(22(25)32)26-13-20(29-23)30-12-2-3-16(14-30)28-24(33)38-18-8-6-17(7-9-18)31(34)35/h4-11,13,16H,2-3,12,14H2,1H3,(H2,25,32)(H,27,29)(H,28,33). The average Bonchev–Trinajstić information content (AvgIpc) is 2.88. The van der Waals surface area contributed by atoms with E-state index in [9.17, 15) is 28.1 Å². The molecule has 2 heterocycles. The zero-order valence-electron chi connectivity index (χ0n) is 20.7. The quantitative estimate of drug-likeness (QED) is 0.272. The molecule has 4 rings (SSSR count). The number of nitro groups is 1. The number of sulfone groups is 1. The second kappa shape index (κ2) is 11.3. The van der Waals surface area contributed by atoms with E-state index in [-0.39, 0.29) is 33.9 Å². The molecule has 1 unspecified atom stereocenters. The van der Waals surface area contributed by atoms with Crippen molar-refractivity contribution in [2.45, 2.75) is 23.8 Å². The SMILES string of the molecule is CS(=O)(=O)c1ccc(Nc2nc(N3CCCC(NC(=O)Oc4ccc([N+](=O)[O-])cc4)C3)cnc2C(N)=O)cc1. The Bertz CT molecular complexity index is 1500. The number of ether oxygens (including phenoxy) is 1. The normalized spacial score (nSPS) is 15.3. The monoisotopic (exact) mass is 555 g/mol. The number of rotatable bonds is 8. The Kier molecular flexibility index (Phi) is 7.90. The van der Waals surface area contributed by atoms with Crippen molar-refractivity contribution in [1.29, 1.82) is 0 Å². The summed E-state index contributed by atoms with van der Waals surface area (Å²) < 4.78 is 28.7. The maximum Gasteiger partial charge on any atom is 0.412 e. The van der Waals surface area contributed by atoms with Gasteiger partial charge in [-0.1, -0.05) is 0 Å². The van der Waals surface area contributed by atoms with E-state index in [0.717, 1.165) is 12.7 Å². The van der Waals surface area contributed by atoms with Crippen LogP contribution in [0.1, 0.15) is 23.3 Å². The van der Waals surface area contributed by atoms with Crippen molar-refractivity contribution in [1.82, 2.24) is 15.3 Å². The van der Waals surface area contributed by atoms with Crippen LogP contribution in [0.3, 0.4) is 0 Å². The number of hydrogen-bond donors (Lipinski definition) is 3. The maximum absolute atomic E-state index is 12.4. The van der Waals surface area contributed by atoms with Gasteiger partial charge in [0.25, 0.3) is 11.6 Å². The summed E-state index contributed by atoms with van der Waals surface area (Å²) in [5.74, 6) is -0.0966. The summed E-state index contributed by atoms with van der Waals surface area (Å²) in [7, 11) is -3.37. The predicted molar refractivity (Wildman–Crippen MR) is 141 cm³/mol. The minimum atomic E-state index is -3.37. The summed E-state index contributed by atoms with van der Waals surface area (Å²) in [6, 6.07) is 10.8. The molecule has 0 spiro atoms. The number of nitrogens with two attached hydrogens (primary N) is 1. The number of hydrogen-bond acceptors (Lipinski definition) is 11. The number of amides is 2. The molecule has 4 N–H and O–H groups in total. The molecule has 1 atom stereocenters. The Balaban J connectivity index is 1.44. The molecular weight excluding hydrogens is 530 g/mol. The number of piperidine rings is 1. The molecule has 2 aromatic carbocycles. The highest BCUT2D eigenvalue weighted by Gasteiger charge is 2.25. The number of nitro benzene ring substituents is 1. The molecule has 14 nitrogen and oxygen atoms in total. The van der Waals surface area contributed by atoms with Gasteiger partial charge in [-0.2, -0.15) is 0 Å². The summed E-state index contributed by atoms with van der Waals surface area (Å²) in [6.07, 6.45) is 3.21. The molecule has 204 valence electrons. The number of carbonyl (C=O) groups excluding carboxylic acids is 2. The first-order valence-corrected chi connectivity index (χ1v) is 13.6. The molecule has 0 bridgehead atoms. The van der Waals surface area contributed by atoms with Crippen LogP contribution >= 0.6 is 0 Å². The number of non-ortho nitro benzene ring substituents is 1. The van der Waals surface area contributed by atoms with Gasteiger partial charge in [0.15, 0.2) is 21.3 Å². The average molecular weight is 556 g/mol. The van der Waals surface area contributed by atoms with Gasteiger partial charge in [0.1, 0.15) is 11.6 Å². The number of nitrogens with one attached hydrogen (secondary N) is 2. The predicted octanol–water partition coefficient (Wildman–Crippen LogP) is 2.39. The fourth-order valence-corrected chi connectivity index (χ4v) is 4.59. The lowest BCUT2D eigenvalue weighted by atomic mass is 10.1. The topological polar surface area (TPSA) is 200 Å². The highest BCUT2D eigenvalue weighted by molar-refractivity contribution is 7.90. The molecule has 39 heavy (non-hydrogen) atoms. The molecule has 0 saturated carbocycles. The van der Waals surface area contributed by atoms with Gasteiger partial charge in [0.2, 0.25) is 0 Å². The maximum atomic E-state index is 12.4. The Labute approximate surface area is 223 Å². The summed E-state index contributed by atoms with van der Waals surface area (Å²) in [5.41, 5.74) is 5.74. The van der Waals surface area contributed by atoms with E-state index in [0.29, 0.717) is 31.0 Å². The molecule has 0 aliphatic carbocycles. The van der Waals surface area contributed by atoms with Gasteiger partial charge in [-0.05, 0) is 49.2 Å². The molecule has 1 aliphatic rings. The van der Waals surface area contributed by atoms with Crippen molar-refractivity contribution in [2.24, 2.45) is 5.73 Å². The van der Waals surface area contributed by atoms with Gasteiger partial charge in [-0.25, -0.2) is 23.2 Å². The van der Waals surface area contributed by atoms with E-state index in [4.69, 9.17) is 10.5 Å². The smallest absolute Gasteiger partial charge is 0.410 e. The second-order valence-corrected chi connectivity index (χ2v) is 10.8. The van der Waals surface area contributed by atoms with Crippen molar-refractivity contribution < 1.29 is 27.7 Å². The Hall–Kier alpha value is -4.79. The van der Waals surface area contributed by atoms with Crippen LogP contribution in [0, 0.1) is 10.1 Å². The second-order valence-electron chi connectivity index (χ2n) is 8.78. The van der Waals surface area contributed by atoms with Crippen LogP contribution in [-0.2, 0) is 9.84 Å². The Morgan fingerprint density at radius 1 is 1.15 bits per heavy atom. The van der Waals surface area contributed by atoms with Crippen LogP contribution in [-0.4, -0.2) is 60.7 Å². The molecule has 0 radical (unpaired) electrons. The van der Waals surface area contributed by atoms with E-state index in [2.05, 4.69) is 20.6 Å². The highest BCUT2D eigenvalue weighted by Crippen LogP contribution is 2.24. The third-order valence-corrected chi connectivity index (χ3v) is 6.99. The number of anilines is 3. The molecule has 1 aliphatic heterocycles. The van der Waals surface area contributed by atoms with Gasteiger partial charge in [-0.15, -0.1) is 0 Å². The van der Waals surface area contributed by atoms with Crippen LogP contribution in [0.15, 0.2) is 59.6 Å². The van der Waals surface area contributed by atoms with Crippen molar-refractivity contribution >= 4 is 44.8 Å². The van der Waals surface area contributed by atoms with Gasteiger partial charge in [0, 0.05) is 43.2 Å². The Morgan fingerprint density at radius 3 is 2.46 bits per heavy atom. The van der Waals surface area contributed by atoms with Crippen LogP contribution < -0.4 is 26.0 Å². The fourth-order valence-electron chi connectivity index (χ4n) is 3.96. The first kappa shape index (κ1) is 27.3. The van der Waals surface area contributed by atoms with Crippen molar-refractivity contribution in [3.05, 3.63) is 70.5 Å². The molecule has 3 aromatic rings. The summed E-state index contributed by atoms with van der Waals surface area (Å²) in [4.78, 5) is 45.3. The molecule has 1 saturated heterocycles. The molecular formula is C24H25N7O7S. The van der Waals surface area contributed by atoms with E-state index in [1.54, 1.807) is 0 Å². The largest absolute Gasteiger partial charge is 0.412 e. The van der Waals surface area contributed by atoms with Crippen LogP contribution in [0.5, 0.6) is 5.75 Å². The zero-order chi connectivity index (χ0) is 28.2. The van der Waals surface area contributed by atoms with Crippen molar-refractivity contribution in [2.75, 3.05) is 29.6 Å². The summed E-state index contributed by atoms with van der Waals surface area (Å²) in [5, 5.41) is 16.5. The molecule has 2 amide bonds. The van der Waals surface area contributed by atoms with E-state index < -0.39 is 26.8 Å². The van der Waals surface area contributed by atoms with Gasteiger partial charge in [-0.3, -0.25) is 14.9 Å². The molecule has 1 fully saturated rings. The highest BCUT2D eigenvalue weighted by atomic mass is 32.2. The first-order valence-electron chi connectivity index (χ1n) is 11.7. The number of carbonyl (C=O) groups is 2. The molecule has 15 heteroatoms. The summed E-state index contributed by atoms with van der Waals surface area (Å²) >= 11 is 0. The number of primary amides is 1. The lowest BCUT2D eigenvalue weighted by Gasteiger charge is -2.33. The van der Waals surface area contributed by atoms with Crippen LogP contribution in [0.4, 0.5) is 27.8 Å². The summed E-state index contributed by atoms with van der Waals surface area (Å²) in [6.45, 7) is 0.991. The minimum absolute atomic E-state index is 0.0932. The van der Waals surface area contributed by atoms with Gasteiger partial charge >= 0.3 is 6.09 Å². The fraction of sp³-hybridized carbons (Fsp3) is 0.250. The van der Waals surface area contributed by atoms with E-state index in [1.807, 2.05) is 4.90 Å². The third-order valence-electron chi connectivity index (χ3n) is 5.86. The van der Waals surface area contributed by atoms with Gasteiger partial charge in [0.05, 0.1) is 16.0 Å². The third kappa shape index (κ3) is 6.95. The zero-order valence-corrected chi connectivity index (χ0v) is 21.6. The Morgan fingerprint density at radius 2 is 1.85 bits per heavy atom.